The van der Waals surface area contributed by atoms with Crippen LogP contribution in [0.2, 0.25) is 0 Å². The molecule has 1 spiro atoms. The second-order valence-corrected chi connectivity index (χ2v) is 8.94. The Balaban J connectivity index is 1.47. The Bertz CT molecular complexity index is 1210. The number of nitrogen functional groups attached to an aromatic ring is 1. The summed E-state index contributed by atoms with van der Waals surface area (Å²) in [5.74, 6) is 0.940. The quantitative estimate of drug-likeness (QED) is 0.493. The summed E-state index contributed by atoms with van der Waals surface area (Å²) >= 11 is 0. The minimum absolute atomic E-state index is 0.0993. The Hall–Kier alpha value is -3.26. The van der Waals surface area contributed by atoms with Gasteiger partial charge in [0.25, 0.3) is 0 Å². The van der Waals surface area contributed by atoms with Crippen molar-refractivity contribution in [3.63, 3.8) is 0 Å². The van der Waals surface area contributed by atoms with E-state index in [4.69, 9.17) is 21.2 Å². The summed E-state index contributed by atoms with van der Waals surface area (Å²) in [6.45, 7) is 3.46. The smallest absolute Gasteiger partial charge is 0.324 e. The molecule has 1 aliphatic heterocycles. The number of anilines is 2. The molecule has 3 aliphatic rings. The average Bonchev–Trinajstić information content (AvgIpc) is 3.31. The van der Waals surface area contributed by atoms with Crippen molar-refractivity contribution in [2.45, 2.75) is 32.2 Å². The number of fused-ring (bicyclic) bond motifs is 3. The van der Waals surface area contributed by atoms with Crippen LogP contribution in [0.15, 0.2) is 30.5 Å². The van der Waals surface area contributed by atoms with Gasteiger partial charge in [-0.1, -0.05) is 0 Å². The highest BCUT2D eigenvalue weighted by Gasteiger charge is 2.54. The zero-order valence-corrected chi connectivity index (χ0v) is 17.2. The topological polar surface area (TPSA) is 103 Å². The van der Waals surface area contributed by atoms with Gasteiger partial charge in [0.15, 0.2) is 0 Å². The van der Waals surface area contributed by atoms with Crippen LogP contribution in [0.3, 0.4) is 0 Å². The molecule has 0 bridgehead atoms. The third-order valence-corrected chi connectivity index (χ3v) is 6.80. The lowest BCUT2D eigenvalue weighted by atomic mass is 10.0. The van der Waals surface area contributed by atoms with Gasteiger partial charge in [0.1, 0.15) is 17.4 Å². The molecule has 2 fully saturated rings. The van der Waals surface area contributed by atoms with Crippen LogP contribution in [0.4, 0.5) is 15.9 Å². The first kappa shape index (κ1) is 18.5. The van der Waals surface area contributed by atoms with Crippen molar-refractivity contribution in [2.24, 2.45) is 11.1 Å². The van der Waals surface area contributed by atoms with E-state index in [1.54, 1.807) is 6.20 Å². The fourth-order valence-electron chi connectivity index (χ4n) is 4.86. The van der Waals surface area contributed by atoms with Gasteiger partial charge >= 0.3 is 6.01 Å². The molecule has 7 nitrogen and oxygen atoms in total. The number of hydrogen-bond donors (Lipinski definition) is 2. The Morgan fingerprint density at radius 2 is 2.06 bits per heavy atom. The summed E-state index contributed by atoms with van der Waals surface area (Å²) in [4.78, 5) is 15.9. The largest absolute Gasteiger partial charge is 0.423 e. The SMILES string of the molecule is Cc1ccc(Oc2nc3c(c(N4C[C@@H](N)C5(CC5)C4)n2)-c2cc(F)cc(N)c2C3)cn1. The molecular formula is C23H23FN6O. The summed E-state index contributed by atoms with van der Waals surface area (Å²) in [6.07, 6.45) is 4.43. The number of halogens is 1. The summed E-state index contributed by atoms with van der Waals surface area (Å²) in [5.41, 5.74) is 17.4. The highest BCUT2D eigenvalue weighted by atomic mass is 19.1. The summed E-state index contributed by atoms with van der Waals surface area (Å²) in [5, 5.41) is 0. The van der Waals surface area contributed by atoms with E-state index in [2.05, 4.69) is 14.9 Å². The number of ether oxygens (including phenoxy) is 1. The van der Waals surface area contributed by atoms with Crippen LogP contribution in [0.25, 0.3) is 11.1 Å². The molecule has 1 saturated carbocycles. The van der Waals surface area contributed by atoms with Gasteiger partial charge in [-0.2, -0.15) is 9.97 Å². The van der Waals surface area contributed by atoms with Gasteiger partial charge in [-0.15, -0.1) is 0 Å². The molecule has 8 heteroatoms. The van der Waals surface area contributed by atoms with Crippen LogP contribution in [0, 0.1) is 18.2 Å². The first-order chi connectivity index (χ1) is 14.9. The van der Waals surface area contributed by atoms with Gasteiger partial charge in [-0.3, -0.25) is 4.98 Å². The maximum absolute atomic E-state index is 14.2. The predicted octanol–water partition coefficient (Wildman–Crippen LogP) is 3.19. The molecule has 1 atom stereocenters. The Morgan fingerprint density at radius 3 is 2.77 bits per heavy atom. The van der Waals surface area contributed by atoms with Crippen molar-refractivity contribution < 1.29 is 9.13 Å². The lowest BCUT2D eigenvalue weighted by Gasteiger charge is -2.21. The van der Waals surface area contributed by atoms with E-state index in [1.165, 1.54) is 12.1 Å². The van der Waals surface area contributed by atoms with E-state index in [9.17, 15) is 4.39 Å². The van der Waals surface area contributed by atoms with Crippen LogP contribution in [-0.4, -0.2) is 34.1 Å². The third-order valence-electron chi connectivity index (χ3n) is 6.80. The van der Waals surface area contributed by atoms with Crippen molar-refractivity contribution in [1.29, 1.82) is 0 Å². The molecule has 3 aromatic rings. The van der Waals surface area contributed by atoms with Gasteiger partial charge in [-0.05, 0) is 55.2 Å². The second-order valence-electron chi connectivity index (χ2n) is 8.94. The number of nitrogens with zero attached hydrogens (tertiary/aromatic N) is 4. The van der Waals surface area contributed by atoms with Crippen LogP contribution < -0.4 is 21.1 Å². The normalized spacial score (nSPS) is 20.1. The molecule has 6 rings (SSSR count). The lowest BCUT2D eigenvalue weighted by molar-refractivity contribution is 0.438. The van der Waals surface area contributed by atoms with Gasteiger partial charge in [0.2, 0.25) is 0 Å². The van der Waals surface area contributed by atoms with Crippen molar-refractivity contribution in [3.8, 4) is 22.9 Å². The van der Waals surface area contributed by atoms with E-state index >= 15 is 0 Å². The van der Waals surface area contributed by atoms with Crippen molar-refractivity contribution in [1.82, 2.24) is 15.0 Å². The molecule has 2 aromatic heterocycles. The van der Waals surface area contributed by atoms with Crippen molar-refractivity contribution >= 4 is 11.5 Å². The number of aromatic nitrogens is 3. The fourth-order valence-corrected chi connectivity index (χ4v) is 4.86. The van der Waals surface area contributed by atoms with Crippen molar-refractivity contribution in [3.05, 3.63) is 53.2 Å². The number of rotatable bonds is 3. The summed E-state index contributed by atoms with van der Waals surface area (Å²) in [7, 11) is 0. The summed E-state index contributed by atoms with van der Waals surface area (Å²) < 4.78 is 20.2. The number of nitrogens with two attached hydrogens (primary N) is 2. The minimum atomic E-state index is -0.363. The predicted molar refractivity (Wildman–Crippen MR) is 116 cm³/mol. The molecule has 4 N–H and O–H groups in total. The molecule has 158 valence electrons. The Kier molecular flexibility index (Phi) is 3.80. The summed E-state index contributed by atoms with van der Waals surface area (Å²) in [6, 6.07) is 6.94. The Morgan fingerprint density at radius 1 is 1.23 bits per heavy atom. The zero-order valence-electron chi connectivity index (χ0n) is 17.2. The lowest BCUT2D eigenvalue weighted by Crippen LogP contribution is -2.30. The highest BCUT2D eigenvalue weighted by molar-refractivity contribution is 5.88. The van der Waals surface area contributed by atoms with Crippen LogP contribution in [-0.2, 0) is 6.42 Å². The minimum Gasteiger partial charge on any atom is -0.423 e. The molecule has 0 radical (unpaired) electrons. The van der Waals surface area contributed by atoms with Gasteiger partial charge in [-0.25, -0.2) is 4.39 Å². The number of pyridine rings is 1. The van der Waals surface area contributed by atoms with Crippen LogP contribution >= 0.6 is 0 Å². The number of aryl methyl sites for hydroxylation is 1. The van der Waals surface area contributed by atoms with E-state index < -0.39 is 0 Å². The first-order valence-electron chi connectivity index (χ1n) is 10.5. The molecule has 2 aliphatic carbocycles. The van der Waals surface area contributed by atoms with Gasteiger partial charge in [0, 0.05) is 47.9 Å². The van der Waals surface area contributed by atoms with Crippen molar-refractivity contribution in [2.75, 3.05) is 23.7 Å². The number of benzene rings is 1. The maximum Gasteiger partial charge on any atom is 0.324 e. The van der Waals surface area contributed by atoms with E-state index in [-0.39, 0.29) is 23.3 Å². The van der Waals surface area contributed by atoms with E-state index in [0.717, 1.165) is 53.3 Å². The van der Waals surface area contributed by atoms with Crippen LogP contribution in [0.5, 0.6) is 11.8 Å². The van der Waals surface area contributed by atoms with Gasteiger partial charge < -0.3 is 21.1 Å². The molecule has 31 heavy (non-hydrogen) atoms. The molecule has 0 amide bonds. The zero-order chi connectivity index (χ0) is 21.3. The van der Waals surface area contributed by atoms with Crippen LogP contribution in [0.1, 0.15) is 29.8 Å². The number of hydrogen-bond acceptors (Lipinski definition) is 7. The Labute approximate surface area is 179 Å². The first-order valence-corrected chi connectivity index (χ1v) is 10.5. The maximum atomic E-state index is 14.2. The molecule has 1 aromatic carbocycles. The molecule has 1 saturated heterocycles. The molecule has 3 heterocycles. The highest BCUT2D eigenvalue weighted by Crippen LogP contribution is 2.54. The molecular weight excluding hydrogens is 395 g/mol. The second kappa shape index (κ2) is 6.37. The monoisotopic (exact) mass is 418 g/mol. The third kappa shape index (κ3) is 2.93. The molecule has 0 unspecified atom stereocenters. The standard InChI is InChI=1S/C23H23FN6O/c1-12-2-3-14(9-27-12)31-22-28-18-8-15-16(6-13(24)7-17(15)25)20(18)21(29-22)30-10-19(26)23(11-30)4-5-23/h2-3,6-7,9,19H,4-5,8,10-11,25-26H2,1H3/t19-/m1/s1. The van der Waals surface area contributed by atoms with Gasteiger partial charge in [0.05, 0.1) is 11.9 Å². The van der Waals surface area contributed by atoms with E-state index in [1.807, 2.05) is 19.1 Å². The fraction of sp³-hybridized carbons (Fsp3) is 0.348. The van der Waals surface area contributed by atoms with E-state index in [0.29, 0.717) is 24.4 Å². The average molecular weight is 418 g/mol.